The van der Waals surface area contributed by atoms with Crippen molar-refractivity contribution >= 4 is 172 Å². The van der Waals surface area contributed by atoms with Gasteiger partial charge in [-0.25, -0.2) is 0 Å². The minimum atomic E-state index is 1.22. The number of benzene rings is 30. The standard InChI is InChI=1S/C56H34.C52H30.C40H24/c1-2-12-46-44(9-1)34-55(51-16-6-3-13-48(46)51)43-11-7-10-35(32-43)36-19-20-38-30-39(22-21-37(38)29-36)40-23-24-42-33-45(26-25-41(42)31-40)47-27-28-54-50-15-5-4-14-49(50)53-18-8-17-52(47)56(53)54;1-2-13-35-31(11-1)27-47(39-16-5-3-14-37(35)39)33-24-26-44-43-25-23-32(28-48(43)40-17-6-7-18-41(40)49(44)29-33)36-20-9-12-34-30-50-42-19-8-4-15-38(42)45-21-10-22-46(51(34)36)52(45)50;1-2-12-30-28(9-1)23-38(34-15-5-3-13-32(30)34)27-11-7-10-25(21-27)26-19-20-31-29(22-26)24-39-35-16-6-4-14-33(35)37-18-8-17-36(31)40(37)39/h1-34H;1-30H;1-24H. The number of fused-ring (bicyclic) bond motifs is 30. The van der Waals surface area contributed by atoms with Crippen molar-refractivity contribution in [3.05, 3.63) is 534 Å². The zero-order chi connectivity index (χ0) is 96.9. The Morgan fingerprint density at radius 3 is 0.764 bits per heavy atom. The average Bonchev–Trinajstić information content (AvgIpc) is 1.57. The van der Waals surface area contributed by atoms with Crippen LogP contribution in [0.4, 0.5) is 0 Å². The van der Waals surface area contributed by atoms with Gasteiger partial charge >= 0.3 is 0 Å². The van der Waals surface area contributed by atoms with E-state index in [1.54, 1.807) is 0 Å². The first-order chi connectivity index (χ1) is 73.4. The fourth-order valence-electron chi connectivity index (χ4n) is 25.9. The quantitative estimate of drug-likeness (QED) is 0.133. The van der Waals surface area contributed by atoms with Crippen LogP contribution in [0, 0.1) is 0 Å². The summed E-state index contributed by atoms with van der Waals surface area (Å²) in [5.41, 5.74) is 36.1. The van der Waals surface area contributed by atoms with E-state index in [1.807, 2.05) is 0 Å². The first kappa shape index (κ1) is 83.4. The van der Waals surface area contributed by atoms with Crippen LogP contribution in [0.25, 0.3) is 328 Å². The third-order valence-corrected chi connectivity index (χ3v) is 32.6. The molecule has 0 N–H and O–H groups in total. The van der Waals surface area contributed by atoms with Gasteiger partial charge in [0.15, 0.2) is 0 Å². The topological polar surface area (TPSA) is 0 Å². The van der Waals surface area contributed by atoms with E-state index in [9.17, 15) is 0 Å². The highest BCUT2D eigenvalue weighted by Gasteiger charge is 2.29. The molecule has 680 valence electrons. The van der Waals surface area contributed by atoms with E-state index < -0.39 is 0 Å². The first-order valence-electron chi connectivity index (χ1n) is 51.6. The van der Waals surface area contributed by atoms with Crippen LogP contribution >= 0.6 is 0 Å². The molecule has 33 rings (SSSR count). The highest BCUT2D eigenvalue weighted by atomic mass is 14.3. The Kier molecular flexibility index (Phi) is 18.7. The Labute approximate surface area is 855 Å². The van der Waals surface area contributed by atoms with Crippen molar-refractivity contribution in [2.75, 3.05) is 0 Å². The lowest BCUT2D eigenvalue weighted by molar-refractivity contribution is 1.62. The maximum absolute atomic E-state index is 2.44. The normalized spacial score (nSPS) is 12.1. The van der Waals surface area contributed by atoms with E-state index in [-0.39, 0.29) is 0 Å². The molecule has 30 aromatic rings. The lowest BCUT2D eigenvalue weighted by atomic mass is 9.87. The molecular formula is C148H88. The highest BCUT2D eigenvalue weighted by molar-refractivity contribution is 6.31. The van der Waals surface area contributed by atoms with Crippen molar-refractivity contribution in [3.8, 4) is 156 Å². The molecule has 0 bridgehead atoms. The largest absolute Gasteiger partial charge is 0.0616 e. The second-order valence-corrected chi connectivity index (χ2v) is 40.5. The lowest BCUT2D eigenvalue weighted by Crippen LogP contribution is -1.89. The van der Waals surface area contributed by atoms with Crippen LogP contribution in [0.15, 0.2) is 534 Å². The van der Waals surface area contributed by atoms with Crippen LogP contribution < -0.4 is 0 Å². The summed E-state index contributed by atoms with van der Waals surface area (Å²) in [6, 6.07) is 198. The Morgan fingerprint density at radius 1 is 0.0676 bits per heavy atom. The van der Waals surface area contributed by atoms with Gasteiger partial charge in [0.25, 0.3) is 0 Å². The molecule has 0 fully saturated rings. The summed E-state index contributed by atoms with van der Waals surface area (Å²) >= 11 is 0. The first-order valence-corrected chi connectivity index (χ1v) is 51.6. The molecule has 0 saturated heterocycles. The van der Waals surface area contributed by atoms with Crippen LogP contribution in [0.1, 0.15) is 0 Å². The molecule has 0 nitrogen and oxygen atoms in total. The molecule has 0 amide bonds. The number of rotatable bonds is 8. The van der Waals surface area contributed by atoms with Crippen LogP contribution in [0.2, 0.25) is 0 Å². The fraction of sp³-hybridized carbons (Fsp3) is 0. The molecule has 0 spiro atoms. The van der Waals surface area contributed by atoms with Crippen LogP contribution in [-0.2, 0) is 0 Å². The molecule has 0 aliphatic heterocycles. The van der Waals surface area contributed by atoms with Crippen LogP contribution in [0.5, 0.6) is 0 Å². The Morgan fingerprint density at radius 2 is 0.304 bits per heavy atom. The van der Waals surface area contributed by atoms with E-state index in [0.717, 1.165) is 0 Å². The van der Waals surface area contributed by atoms with E-state index in [2.05, 4.69) is 534 Å². The molecule has 0 heteroatoms. The van der Waals surface area contributed by atoms with E-state index >= 15 is 0 Å². The molecular weight excluding hydrogens is 1780 g/mol. The zero-order valence-electron chi connectivity index (χ0n) is 80.8. The van der Waals surface area contributed by atoms with Gasteiger partial charge in [0.1, 0.15) is 0 Å². The van der Waals surface area contributed by atoms with Gasteiger partial charge in [-0.1, -0.05) is 449 Å². The van der Waals surface area contributed by atoms with Crippen molar-refractivity contribution in [2.45, 2.75) is 0 Å². The van der Waals surface area contributed by atoms with Crippen molar-refractivity contribution < 1.29 is 0 Å². The van der Waals surface area contributed by atoms with Gasteiger partial charge in [-0.2, -0.15) is 0 Å². The van der Waals surface area contributed by atoms with Crippen molar-refractivity contribution in [2.24, 2.45) is 0 Å². The summed E-state index contributed by atoms with van der Waals surface area (Å²) in [7, 11) is 0. The Hall–Kier alpha value is -19.2. The highest BCUT2D eigenvalue weighted by Crippen LogP contribution is 2.56. The fourth-order valence-corrected chi connectivity index (χ4v) is 25.9. The van der Waals surface area contributed by atoms with Gasteiger partial charge in [-0.3, -0.25) is 0 Å². The molecule has 3 aliphatic rings. The van der Waals surface area contributed by atoms with E-state index in [4.69, 9.17) is 0 Å². The van der Waals surface area contributed by atoms with E-state index in [1.165, 1.54) is 328 Å². The van der Waals surface area contributed by atoms with Crippen molar-refractivity contribution in [3.63, 3.8) is 0 Å². The summed E-state index contributed by atoms with van der Waals surface area (Å²) in [6.07, 6.45) is 0. The molecule has 0 heterocycles. The predicted molar refractivity (Wildman–Crippen MR) is 636 cm³/mol. The van der Waals surface area contributed by atoms with Gasteiger partial charge in [-0.05, 0) is 413 Å². The maximum atomic E-state index is 2.44. The monoisotopic (exact) mass is 1860 g/mol. The smallest absolute Gasteiger partial charge is 0.00197 e. The Balaban J connectivity index is 0.000000102. The third kappa shape index (κ3) is 13.1. The summed E-state index contributed by atoms with van der Waals surface area (Å²) in [5, 5.41) is 41.5. The molecule has 3 aliphatic carbocycles. The predicted octanol–water partition coefficient (Wildman–Crippen LogP) is 41.8. The number of hydrogen-bond acceptors (Lipinski definition) is 0. The van der Waals surface area contributed by atoms with Gasteiger partial charge < -0.3 is 0 Å². The molecule has 0 unspecified atom stereocenters. The summed E-state index contributed by atoms with van der Waals surface area (Å²) in [6.45, 7) is 0. The van der Waals surface area contributed by atoms with Crippen molar-refractivity contribution in [1.29, 1.82) is 0 Å². The molecule has 148 heavy (non-hydrogen) atoms. The third-order valence-electron chi connectivity index (χ3n) is 32.6. The summed E-state index contributed by atoms with van der Waals surface area (Å²) in [5.74, 6) is 0. The van der Waals surface area contributed by atoms with Gasteiger partial charge in [-0.15, -0.1) is 0 Å². The van der Waals surface area contributed by atoms with Crippen molar-refractivity contribution in [1.82, 2.24) is 0 Å². The maximum Gasteiger partial charge on any atom is -0.00197 e. The second-order valence-electron chi connectivity index (χ2n) is 40.5. The van der Waals surface area contributed by atoms with Gasteiger partial charge in [0.05, 0.1) is 0 Å². The molecule has 30 aromatic carbocycles. The summed E-state index contributed by atoms with van der Waals surface area (Å²) < 4.78 is 0. The zero-order valence-corrected chi connectivity index (χ0v) is 80.8. The minimum absolute atomic E-state index is 1.22. The SMILES string of the molecule is c1cc(-c2ccc3c(c2)cc2c4c(cccc43)-c3ccccc3-2)cc(-c2cc3ccccc3c3ccccc23)c1.c1cc(-c2ccc3cc(-c4ccc5cc(-c6ccc7c8c(cccc68)-c6ccccc6-7)ccc5c4)ccc3c2)cc(-c2cc3ccccc3c3ccccc23)c1.c1ccc2c(c1)-c1cccc3c1c-2cc1cccc(-c2ccc4c5ccc(-c6cc7ccccc7c7ccccc67)cc5c5ccccc5c4c2)c13. The molecule has 0 saturated carbocycles. The van der Waals surface area contributed by atoms with Gasteiger partial charge in [0.2, 0.25) is 0 Å². The van der Waals surface area contributed by atoms with E-state index in [0.29, 0.717) is 0 Å². The summed E-state index contributed by atoms with van der Waals surface area (Å²) in [4.78, 5) is 0. The second kappa shape index (κ2) is 33.2. The van der Waals surface area contributed by atoms with Crippen LogP contribution in [0.3, 0.4) is 0 Å². The molecule has 0 aromatic heterocycles. The lowest BCUT2D eigenvalue weighted by Gasteiger charge is -2.16. The average molecular weight is 1870 g/mol. The molecule has 0 radical (unpaired) electrons. The van der Waals surface area contributed by atoms with Crippen LogP contribution in [-0.4, -0.2) is 0 Å². The Bertz CT molecular complexity index is 11000. The number of hydrogen-bond donors (Lipinski definition) is 0. The molecule has 0 atom stereocenters. The van der Waals surface area contributed by atoms with Gasteiger partial charge in [0, 0.05) is 0 Å². The minimum Gasteiger partial charge on any atom is -0.0616 e.